The van der Waals surface area contributed by atoms with Crippen LogP contribution in [0.2, 0.25) is 0 Å². The summed E-state index contributed by atoms with van der Waals surface area (Å²) in [6, 6.07) is 16.3. The van der Waals surface area contributed by atoms with Crippen LogP contribution in [0.15, 0.2) is 63.3 Å². The highest BCUT2D eigenvalue weighted by Crippen LogP contribution is 2.12. The smallest absolute Gasteiger partial charge is 0.198 e. The third kappa shape index (κ3) is 3.65. The normalized spacial score (nSPS) is 10.9. The maximum Gasteiger partial charge on any atom is 0.292 e. The van der Waals surface area contributed by atoms with Crippen molar-refractivity contribution in [1.82, 2.24) is 0 Å². The van der Waals surface area contributed by atoms with Crippen molar-refractivity contribution in [3.05, 3.63) is 65.7 Å². The van der Waals surface area contributed by atoms with E-state index < -0.39 is 10.0 Å². The Bertz CT molecular complexity index is 757. The van der Waals surface area contributed by atoms with Crippen molar-refractivity contribution in [2.45, 2.75) is 18.7 Å². The molecular weight excluding hydrogens is 290 g/mol. The summed E-state index contributed by atoms with van der Waals surface area (Å²) < 4.78 is 27.9. The van der Waals surface area contributed by atoms with Gasteiger partial charge in [-0.3, -0.25) is 0 Å². The summed E-state index contributed by atoms with van der Waals surface area (Å²) in [4.78, 5) is 1.07. The molecule has 0 heterocycles. The van der Waals surface area contributed by atoms with Gasteiger partial charge in [0.25, 0.3) is 10.0 Å². The molecule has 2 rings (SSSR count). The van der Waals surface area contributed by atoms with Crippen LogP contribution in [-0.4, -0.2) is 13.3 Å². The average molecular weight is 305 g/mol. The van der Waals surface area contributed by atoms with E-state index in [0.717, 1.165) is 27.1 Å². The van der Waals surface area contributed by atoms with Crippen LogP contribution in [0.1, 0.15) is 18.1 Å². The van der Waals surface area contributed by atoms with Crippen molar-refractivity contribution in [2.24, 2.45) is 3.77 Å². The highest BCUT2D eigenvalue weighted by Gasteiger charge is 2.10. The monoisotopic (exact) mass is 305 g/mol. The van der Waals surface area contributed by atoms with E-state index in [-0.39, 0.29) is 4.90 Å². The van der Waals surface area contributed by atoms with Gasteiger partial charge < -0.3 is 0 Å². The number of nitrogens with zero attached hydrogens (tertiary/aromatic N) is 1. The second-order valence-corrected chi connectivity index (χ2v) is 7.19. The summed E-state index contributed by atoms with van der Waals surface area (Å²) in [6.45, 7) is 3.77. The van der Waals surface area contributed by atoms with Crippen molar-refractivity contribution in [1.29, 1.82) is 0 Å². The fraction of sp³-hybridized carbons (Fsp3) is 0.133. The Balaban J connectivity index is 2.37. The summed E-state index contributed by atoms with van der Waals surface area (Å²) in [5, 5.41) is 0. The number of sulfonamides is 1. The van der Waals surface area contributed by atoms with Crippen molar-refractivity contribution in [2.75, 3.05) is 0 Å². The lowest BCUT2D eigenvalue weighted by molar-refractivity contribution is 0.598. The summed E-state index contributed by atoms with van der Waals surface area (Å²) in [5.41, 5.74) is 1.99. The largest absolute Gasteiger partial charge is 0.292 e. The predicted molar refractivity (Wildman–Crippen MR) is 84.4 cm³/mol. The Kier molecular flexibility index (Phi) is 4.52. The highest BCUT2D eigenvalue weighted by atomic mass is 32.2. The molecule has 0 aliphatic carbocycles. The van der Waals surface area contributed by atoms with Gasteiger partial charge in [-0.25, -0.2) is 0 Å². The van der Waals surface area contributed by atoms with Crippen molar-refractivity contribution < 1.29 is 8.42 Å². The Morgan fingerprint density at radius 2 is 1.60 bits per heavy atom. The maximum atomic E-state index is 12.1. The molecule has 0 N–H and O–H groups in total. The molecule has 20 heavy (non-hydrogen) atoms. The van der Waals surface area contributed by atoms with Gasteiger partial charge in [-0.15, -0.1) is 3.77 Å². The lowest BCUT2D eigenvalue weighted by Crippen LogP contribution is -1.97. The number of hydrogen-bond acceptors (Lipinski definition) is 2. The minimum absolute atomic E-state index is 0.219. The molecule has 0 spiro atoms. The third-order valence-corrected chi connectivity index (χ3v) is 5.23. The van der Waals surface area contributed by atoms with Crippen LogP contribution in [0, 0.1) is 6.92 Å². The van der Waals surface area contributed by atoms with Crippen LogP contribution in [0.4, 0.5) is 0 Å². The van der Waals surface area contributed by atoms with Gasteiger partial charge in [0.2, 0.25) is 0 Å². The zero-order chi connectivity index (χ0) is 14.6. The SMILES string of the molecule is CC(=S=NS(=O)(=O)c1ccc(C)cc1)c1ccccc1. The molecule has 5 heteroatoms. The molecule has 0 saturated heterocycles. The second kappa shape index (κ2) is 6.15. The molecule has 0 atom stereocenters. The highest BCUT2D eigenvalue weighted by molar-refractivity contribution is 7.95. The Labute approximate surface area is 123 Å². The van der Waals surface area contributed by atoms with Crippen LogP contribution in [-0.2, 0) is 21.2 Å². The summed E-state index contributed by atoms with van der Waals surface area (Å²) in [5.74, 6) is 0. The first kappa shape index (κ1) is 14.7. The molecule has 0 aliphatic heterocycles. The van der Waals surface area contributed by atoms with E-state index in [9.17, 15) is 8.42 Å². The standard InChI is InChI=1S/C15H15NO2S2/c1-12-8-10-15(11-9-12)20(17,18)16-19-13(2)14-6-4-3-5-7-14/h3-11H,1-2H3. The van der Waals surface area contributed by atoms with Crippen LogP contribution < -0.4 is 0 Å². The Morgan fingerprint density at radius 3 is 2.20 bits per heavy atom. The molecule has 2 aromatic rings. The minimum Gasteiger partial charge on any atom is -0.198 e. The van der Waals surface area contributed by atoms with Gasteiger partial charge in [-0.1, -0.05) is 48.0 Å². The van der Waals surface area contributed by atoms with Crippen LogP contribution >= 0.6 is 0 Å². The van der Waals surface area contributed by atoms with Crippen molar-refractivity contribution in [3.8, 4) is 0 Å². The van der Waals surface area contributed by atoms with Gasteiger partial charge in [0.15, 0.2) is 0 Å². The molecule has 3 nitrogen and oxygen atoms in total. The van der Waals surface area contributed by atoms with E-state index in [2.05, 4.69) is 3.77 Å². The molecule has 0 amide bonds. The molecule has 2 aromatic carbocycles. The Hall–Kier alpha value is -1.72. The molecule has 104 valence electrons. The Morgan fingerprint density at radius 1 is 1.00 bits per heavy atom. The first-order valence-electron chi connectivity index (χ1n) is 6.09. The van der Waals surface area contributed by atoms with Crippen LogP contribution in [0.3, 0.4) is 0 Å². The molecule has 0 radical (unpaired) electrons. The number of rotatable bonds is 3. The predicted octanol–water partition coefficient (Wildman–Crippen LogP) is 3.19. The van der Waals surface area contributed by atoms with E-state index in [0.29, 0.717) is 0 Å². The molecule has 0 fully saturated rings. The van der Waals surface area contributed by atoms with Crippen LogP contribution in [0.5, 0.6) is 0 Å². The molecule has 0 aromatic heterocycles. The quantitative estimate of drug-likeness (QED) is 0.646. The second-order valence-electron chi connectivity index (χ2n) is 4.38. The topological polar surface area (TPSA) is 46.5 Å². The third-order valence-electron chi connectivity index (χ3n) is 2.77. The zero-order valence-corrected chi connectivity index (χ0v) is 12.9. The van der Waals surface area contributed by atoms with E-state index in [4.69, 9.17) is 0 Å². The molecule has 0 aliphatic rings. The van der Waals surface area contributed by atoms with Gasteiger partial charge >= 0.3 is 0 Å². The lowest BCUT2D eigenvalue weighted by Gasteiger charge is -1.98. The average Bonchev–Trinajstić information content (AvgIpc) is 2.46. The first-order chi connectivity index (χ1) is 9.49. The van der Waals surface area contributed by atoms with Crippen molar-refractivity contribution >= 4 is 26.0 Å². The van der Waals surface area contributed by atoms with Gasteiger partial charge in [0, 0.05) is 4.86 Å². The van der Waals surface area contributed by atoms with Crippen LogP contribution in [0.25, 0.3) is 0 Å². The fourth-order valence-corrected chi connectivity index (χ4v) is 3.49. The molecule has 0 unspecified atom stereocenters. The summed E-state index contributed by atoms with van der Waals surface area (Å²) in [7, 11) is -3.61. The fourth-order valence-electron chi connectivity index (χ4n) is 1.58. The first-order valence-corrected chi connectivity index (χ1v) is 8.30. The van der Waals surface area contributed by atoms with Gasteiger partial charge in [0.05, 0.1) is 4.90 Å². The van der Waals surface area contributed by atoms with Gasteiger partial charge in [-0.2, -0.15) is 8.42 Å². The summed E-state index contributed by atoms with van der Waals surface area (Å²) >= 11 is 0.989. The minimum atomic E-state index is -3.61. The number of hydrogen-bond donors (Lipinski definition) is 0. The van der Waals surface area contributed by atoms with E-state index in [1.54, 1.807) is 24.3 Å². The number of benzene rings is 2. The molecular formula is C15H15NO2S2. The molecule has 0 bridgehead atoms. The summed E-state index contributed by atoms with van der Waals surface area (Å²) in [6.07, 6.45) is 0. The van der Waals surface area contributed by atoms with E-state index >= 15 is 0 Å². The van der Waals surface area contributed by atoms with Gasteiger partial charge in [-0.05, 0) is 42.7 Å². The zero-order valence-electron chi connectivity index (χ0n) is 11.3. The lowest BCUT2D eigenvalue weighted by atomic mass is 10.2. The van der Waals surface area contributed by atoms with E-state index in [1.807, 2.05) is 44.2 Å². The maximum absolute atomic E-state index is 12.1. The number of aryl methyl sites for hydroxylation is 1. The van der Waals surface area contributed by atoms with Gasteiger partial charge in [0.1, 0.15) is 0 Å². The molecule has 0 saturated carbocycles. The van der Waals surface area contributed by atoms with E-state index in [1.165, 1.54) is 0 Å². The van der Waals surface area contributed by atoms with Crippen molar-refractivity contribution in [3.63, 3.8) is 0 Å².